The number of fused-ring (bicyclic) bond motifs is 1. The Labute approximate surface area is 139 Å². The Morgan fingerprint density at radius 2 is 1.88 bits per heavy atom. The number of hydrogen-bond acceptors (Lipinski definition) is 5. The van der Waals surface area contributed by atoms with E-state index in [1.807, 2.05) is 48.5 Å². The number of carbonyl (C=O) groups is 1. The van der Waals surface area contributed by atoms with Crippen LogP contribution in [-0.2, 0) is 11.3 Å². The maximum atomic E-state index is 10.9. The lowest BCUT2D eigenvalue weighted by molar-refractivity contribution is -0.105. The van der Waals surface area contributed by atoms with Crippen molar-refractivity contribution in [3.05, 3.63) is 54.1 Å². The highest BCUT2D eigenvalue weighted by Gasteiger charge is 2.12. The number of amides is 1. The van der Waals surface area contributed by atoms with Gasteiger partial charge in [-0.3, -0.25) is 4.79 Å². The van der Waals surface area contributed by atoms with Crippen molar-refractivity contribution in [3.63, 3.8) is 0 Å². The Hall–Kier alpha value is -3.28. The van der Waals surface area contributed by atoms with Crippen LogP contribution in [0.4, 0.5) is 17.2 Å². The summed E-state index contributed by atoms with van der Waals surface area (Å²) in [5.74, 6) is 1.08. The number of hydrogen-bond donors (Lipinski definition) is 3. The van der Waals surface area contributed by atoms with Crippen molar-refractivity contribution in [1.29, 1.82) is 0 Å². The van der Waals surface area contributed by atoms with Gasteiger partial charge in [0.15, 0.2) is 0 Å². The van der Waals surface area contributed by atoms with Crippen LogP contribution in [-0.4, -0.2) is 18.5 Å². The first-order valence-corrected chi connectivity index (χ1v) is 7.48. The highest BCUT2D eigenvalue weighted by atomic mass is 16.5. The van der Waals surface area contributed by atoms with Crippen LogP contribution < -0.4 is 21.1 Å². The summed E-state index contributed by atoms with van der Waals surface area (Å²) in [6.45, 7) is 0.574. The zero-order valence-electron chi connectivity index (χ0n) is 13.2. The van der Waals surface area contributed by atoms with Crippen molar-refractivity contribution in [2.24, 2.45) is 0 Å². The van der Waals surface area contributed by atoms with E-state index in [0.29, 0.717) is 18.6 Å². The molecule has 0 atom stereocenters. The summed E-state index contributed by atoms with van der Waals surface area (Å²) in [4.78, 5) is 15.3. The molecule has 6 nitrogen and oxygen atoms in total. The molecular weight excluding hydrogens is 304 g/mol. The van der Waals surface area contributed by atoms with Gasteiger partial charge in [0.25, 0.3) is 0 Å². The second-order valence-corrected chi connectivity index (χ2v) is 5.23. The molecule has 0 saturated heterocycles. The SMILES string of the molecule is COc1ccc(CNc2c(NC=O)c(N)nc3ccccc23)cc1. The number of nitrogens with one attached hydrogen (secondary N) is 2. The van der Waals surface area contributed by atoms with Gasteiger partial charge in [0.05, 0.1) is 18.3 Å². The number of ether oxygens (including phenoxy) is 1. The standard InChI is InChI=1S/C18H18N4O2/c1-24-13-8-6-12(7-9-13)10-20-16-14-4-2-3-5-15(14)22-18(19)17(16)21-11-23/h2-9,11H,10H2,1H3,(H,21,23)(H3,19,20,22). The van der Waals surface area contributed by atoms with Crippen molar-refractivity contribution in [3.8, 4) is 5.75 Å². The largest absolute Gasteiger partial charge is 0.497 e. The van der Waals surface area contributed by atoms with Gasteiger partial charge in [0.1, 0.15) is 17.3 Å². The summed E-state index contributed by atoms with van der Waals surface area (Å²) in [6.07, 6.45) is 0.598. The molecule has 1 amide bonds. The molecule has 0 aliphatic heterocycles. The van der Waals surface area contributed by atoms with Gasteiger partial charge >= 0.3 is 0 Å². The van der Waals surface area contributed by atoms with Crippen LogP contribution in [0.1, 0.15) is 5.56 Å². The first-order chi connectivity index (χ1) is 11.7. The number of pyridine rings is 1. The average Bonchev–Trinajstić information content (AvgIpc) is 2.62. The minimum atomic E-state index is 0.276. The zero-order valence-corrected chi connectivity index (χ0v) is 13.2. The normalized spacial score (nSPS) is 10.4. The van der Waals surface area contributed by atoms with E-state index in [4.69, 9.17) is 10.5 Å². The molecular formula is C18H18N4O2. The summed E-state index contributed by atoms with van der Waals surface area (Å²) in [5.41, 5.74) is 9.07. The van der Waals surface area contributed by atoms with Gasteiger partial charge in [-0.15, -0.1) is 0 Å². The number of nitrogen functional groups attached to an aromatic ring is 1. The molecule has 0 spiro atoms. The molecule has 1 aromatic heterocycles. The second-order valence-electron chi connectivity index (χ2n) is 5.23. The number of carbonyl (C=O) groups excluding carboxylic acids is 1. The van der Waals surface area contributed by atoms with Gasteiger partial charge in [0, 0.05) is 11.9 Å². The molecule has 0 bridgehead atoms. The number of aromatic nitrogens is 1. The van der Waals surface area contributed by atoms with Gasteiger partial charge in [-0.2, -0.15) is 0 Å². The van der Waals surface area contributed by atoms with Crippen LogP contribution in [0, 0.1) is 0 Å². The molecule has 3 aromatic rings. The summed E-state index contributed by atoms with van der Waals surface area (Å²) in [5, 5.41) is 6.89. The fraction of sp³-hybridized carbons (Fsp3) is 0.111. The van der Waals surface area contributed by atoms with Crippen LogP contribution in [0.15, 0.2) is 48.5 Å². The molecule has 0 aliphatic carbocycles. The lowest BCUT2D eigenvalue weighted by Crippen LogP contribution is -2.08. The fourth-order valence-electron chi connectivity index (χ4n) is 2.55. The zero-order chi connectivity index (χ0) is 16.9. The third-order valence-electron chi connectivity index (χ3n) is 3.75. The second kappa shape index (κ2) is 6.87. The molecule has 0 fully saturated rings. The topological polar surface area (TPSA) is 89.3 Å². The van der Waals surface area contributed by atoms with Crippen LogP contribution in [0.3, 0.4) is 0 Å². The van der Waals surface area contributed by atoms with Crippen LogP contribution in [0.2, 0.25) is 0 Å². The van der Waals surface area contributed by atoms with Crippen molar-refractivity contribution in [2.75, 3.05) is 23.5 Å². The molecule has 4 N–H and O–H groups in total. The molecule has 122 valence electrons. The Bertz CT molecular complexity index is 863. The van der Waals surface area contributed by atoms with Gasteiger partial charge < -0.3 is 21.1 Å². The van der Waals surface area contributed by atoms with E-state index in [2.05, 4.69) is 15.6 Å². The highest BCUT2D eigenvalue weighted by Crippen LogP contribution is 2.34. The van der Waals surface area contributed by atoms with Gasteiger partial charge in [-0.25, -0.2) is 4.98 Å². The van der Waals surface area contributed by atoms with Crippen molar-refractivity contribution in [2.45, 2.75) is 6.54 Å². The Kier molecular flexibility index (Phi) is 4.47. The molecule has 2 aromatic carbocycles. The van der Waals surface area contributed by atoms with E-state index in [1.54, 1.807) is 7.11 Å². The summed E-state index contributed by atoms with van der Waals surface area (Å²) >= 11 is 0. The van der Waals surface area contributed by atoms with Crippen LogP contribution in [0.5, 0.6) is 5.75 Å². The van der Waals surface area contributed by atoms with E-state index >= 15 is 0 Å². The molecule has 0 aliphatic rings. The third-order valence-corrected chi connectivity index (χ3v) is 3.75. The third kappa shape index (κ3) is 3.08. The van der Waals surface area contributed by atoms with Gasteiger partial charge in [-0.05, 0) is 23.8 Å². The number of benzene rings is 2. The predicted molar refractivity (Wildman–Crippen MR) is 96.2 cm³/mol. The quantitative estimate of drug-likeness (QED) is 0.607. The smallest absolute Gasteiger partial charge is 0.211 e. The van der Waals surface area contributed by atoms with Crippen LogP contribution >= 0.6 is 0 Å². The number of methoxy groups -OCH3 is 1. The Balaban J connectivity index is 1.96. The van der Waals surface area contributed by atoms with Gasteiger partial charge in [0.2, 0.25) is 6.41 Å². The molecule has 0 saturated carbocycles. The molecule has 3 rings (SSSR count). The van der Waals surface area contributed by atoms with E-state index in [1.165, 1.54) is 0 Å². The number of rotatable bonds is 6. The van der Waals surface area contributed by atoms with Crippen molar-refractivity contribution >= 4 is 34.5 Å². The molecule has 1 heterocycles. The lowest BCUT2D eigenvalue weighted by Gasteiger charge is -2.16. The summed E-state index contributed by atoms with van der Waals surface area (Å²) in [7, 11) is 1.64. The molecule has 0 radical (unpaired) electrons. The van der Waals surface area contributed by atoms with Gasteiger partial charge in [-0.1, -0.05) is 30.3 Å². The van der Waals surface area contributed by atoms with Crippen molar-refractivity contribution in [1.82, 2.24) is 4.98 Å². The summed E-state index contributed by atoms with van der Waals surface area (Å²) in [6, 6.07) is 15.4. The van der Waals surface area contributed by atoms with Crippen molar-refractivity contribution < 1.29 is 9.53 Å². The maximum Gasteiger partial charge on any atom is 0.211 e. The molecule has 0 unspecified atom stereocenters. The monoisotopic (exact) mass is 322 g/mol. The number of nitrogens with two attached hydrogens (primary N) is 1. The van der Waals surface area contributed by atoms with E-state index in [0.717, 1.165) is 27.9 Å². The van der Waals surface area contributed by atoms with E-state index in [-0.39, 0.29) is 5.82 Å². The maximum absolute atomic E-state index is 10.9. The van der Waals surface area contributed by atoms with E-state index < -0.39 is 0 Å². The predicted octanol–water partition coefficient (Wildman–Crippen LogP) is 3.01. The van der Waals surface area contributed by atoms with Crippen LogP contribution in [0.25, 0.3) is 10.9 Å². The van der Waals surface area contributed by atoms with E-state index in [9.17, 15) is 4.79 Å². The average molecular weight is 322 g/mol. The minimum absolute atomic E-state index is 0.276. The number of nitrogens with zero attached hydrogens (tertiary/aromatic N) is 1. The molecule has 6 heteroatoms. The lowest BCUT2D eigenvalue weighted by atomic mass is 10.1. The first-order valence-electron chi connectivity index (χ1n) is 7.48. The first kappa shape index (κ1) is 15.6. The Morgan fingerprint density at radius 3 is 2.58 bits per heavy atom. The minimum Gasteiger partial charge on any atom is -0.497 e. The number of anilines is 3. The Morgan fingerprint density at radius 1 is 1.12 bits per heavy atom. The highest BCUT2D eigenvalue weighted by molar-refractivity contribution is 6.03. The fourth-order valence-corrected chi connectivity index (χ4v) is 2.55. The summed E-state index contributed by atoms with van der Waals surface area (Å²) < 4.78 is 5.16. The molecule has 24 heavy (non-hydrogen) atoms. The number of para-hydroxylation sites is 1.